The van der Waals surface area contributed by atoms with E-state index in [2.05, 4.69) is 15.8 Å². The van der Waals surface area contributed by atoms with Crippen molar-refractivity contribution in [3.63, 3.8) is 0 Å². The Morgan fingerprint density at radius 1 is 0.962 bits per heavy atom. The van der Waals surface area contributed by atoms with Crippen molar-refractivity contribution >= 4 is 23.2 Å². The molecule has 2 amide bonds. The summed E-state index contributed by atoms with van der Waals surface area (Å²) in [5.74, 6) is 0.104. The van der Waals surface area contributed by atoms with Crippen LogP contribution in [0, 0.1) is 11.8 Å². The molecule has 1 aliphatic rings. The summed E-state index contributed by atoms with van der Waals surface area (Å²) in [6.45, 7) is 4.07. The number of nitrogens with zero attached hydrogens (tertiary/aromatic N) is 1. The van der Waals surface area contributed by atoms with E-state index in [0.717, 1.165) is 24.1 Å². The van der Waals surface area contributed by atoms with E-state index in [1.165, 1.54) is 0 Å². The number of carbonyl (C=O) groups excluding carboxylic acids is 2. The highest BCUT2D eigenvalue weighted by Crippen LogP contribution is 2.30. The predicted molar refractivity (Wildman–Crippen MR) is 103 cm³/mol. The second kappa shape index (κ2) is 7.95. The van der Waals surface area contributed by atoms with Crippen LogP contribution in [0.15, 0.2) is 59.7 Å². The van der Waals surface area contributed by atoms with Crippen molar-refractivity contribution in [3.05, 3.63) is 65.7 Å². The van der Waals surface area contributed by atoms with Crippen LogP contribution in [0.5, 0.6) is 0 Å². The molecular weight excluding hydrogens is 326 g/mol. The number of hydrogen-bond donors (Lipinski definition) is 2. The molecule has 0 atom stereocenters. The number of carbonyl (C=O) groups is 2. The Hall–Kier alpha value is -2.95. The minimum Gasteiger partial charge on any atom is -0.326 e. The number of anilines is 1. The lowest BCUT2D eigenvalue weighted by Gasteiger charge is -2.11. The normalized spacial score (nSPS) is 14.2. The molecule has 0 unspecified atom stereocenters. The molecule has 0 bridgehead atoms. The van der Waals surface area contributed by atoms with E-state index in [9.17, 15) is 9.59 Å². The molecule has 0 aromatic heterocycles. The van der Waals surface area contributed by atoms with Crippen molar-refractivity contribution < 1.29 is 9.59 Å². The maximum atomic E-state index is 12.3. The summed E-state index contributed by atoms with van der Waals surface area (Å²) in [4.78, 5) is 24.1. The fraction of sp³-hybridized carbons (Fsp3) is 0.286. The molecule has 134 valence electrons. The SMILES string of the molecule is CC(C)C(=NNC(=O)c1ccc(NC(=O)C2CC2)cc1)c1ccccc1. The van der Waals surface area contributed by atoms with Gasteiger partial charge in [-0.3, -0.25) is 9.59 Å². The van der Waals surface area contributed by atoms with Crippen molar-refractivity contribution in [2.24, 2.45) is 16.9 Å². The molecule has 3 rings (SSSR count). The quantitative estimate of drug-likeness (QED) is 0.615. The molecule has 1 saturated carbocycles. The van der Waals surface area contributed by atoms with Gasteiger partial charge in [-0.2, -0.15) is 5.10 Å². The van der Waals surface area contributed by atoms with Crippen LogP contribution in [0.3, 0.4) is 0 Å². The largest absolute Gasteiger partial charge is 0.326 e. The second-order valence-electron chi connectivity index (χ2n) is 6.80. The van der Waals surface area contributed by atoms with Crippen LogP contribution in [0.25, 0.3) is 0 Å². The minimum atomic E-state index is -0.279. The lowest BCUT2D eigenvalue weighted by molar-refractivity contribution is -0.117. The lowest BCUT2D eigenvalue weighted by Crippen LogP contribution is -2.22. The average molecular weight is 349 g/mol. The molecule has 2 aromatic rings. The van der Waals surface area contributed by atoms with Gasteiger partial charge in [0.05, 0.1) is 5.71 Å². The zero-order valence-electron chi connectivity index (χ0n) is 15.0. The topological polar surface area (TPSA) is 70.6 Å². The van der Waals surface area contributed by atoms with Gasteiger partial charge in [0.2, 0.25) is 5.91 Å². The summed E-state index contributed by atoms with van der Waals surface area (Å²) < 4.78 is 0. The Morgan fingerprint density at radius 3 is 2.19 bits per heavy atom. The molecule has 2 N–H and O–H groups in total. The van der Waals surface area contributed by atoms with E-state index < -0.39 is 0 Å². The van der Waals surface area contributed by atoms with E-state index >= 15 is 0 Å². The number of hydrazone groups is 1. The smallest absolute Gasteiger partial charge is 0.271 e. The number of benzene rings is 2. The van der Waals surface area contributed by atoms with Crippen molar-refractivity contribution in [3.8, 4) is 0 Å². The fourth-order valence-electron chi connectivity index (χ4n) is 2.61. The summed E-state index contributed by atoms with van der Waals surface area (Å²) in [7, 11) is 0. The Kier molecular flexibility index (Phi) is 5.46. The van der Waals surface area contributed by atoms with Gasteiger partial charge in [0.25, 0.3) is 5.91 Å². The van der Waals surface area contributed by atoms with Crippen LogP contribution in [0.1, 0.15) is 42.6 Å². The van der Waals surface area contributed by atoms with E-state index in [-0.39, 0.29) is 23.7 Å². The van der Waals surface area contributed by atoms with Crippen molar-refractivity contribution in [2.75, 3.05) is 5.32 Å². The van der Waals surface area contributed by atoms with Crippen LogP contribution >= 0.6 is 0 Å². The first-order valence-electron chi connectivity index (χ1n) is 8.89. The number of rotatable bonds is 6. The molecule has 0 heterocycles. The van der Waals surface area contributed by atoms with E-state index in [4.69, 9.17) is 0 Å². The molecule has 0 spiro atoms. The molecule has 0 radical (unpaired) electrons. The summed E-state index contributed by atoms with van der Waals surface area (Å²) in [6, 6.07) is 16.6. The number of nitrogens with one attached hydrogen (secondary N) is 2. The fourth-order valence-corrected chi connectivity index (χ4v) is 2.61. The Labute approximate surface area is 153 Å². The van der Waals surface area contributed by atoms with Crippen molar-refractivity contribution in [2.45, 2.75) is 26.7 Å². The van der Waals surface area contributed by atoms with Gasteiger partial charge in [-0.15, -0.1) is 0 Å². The molecule has 5 heteroatoms. The monoisotopic (exact) mass is 349 g/mol. The van der Waals surface area contributed by atoms with Crippen LogP contribution in [0.2, 0.25) is 0 Å². The minimum absolute atomic E-state index is 0.0521. The van der Waals surface area contributed by atoms with Crippen molar-refractivity contribution in [1.82, 2.24) is 5.43 Å². The first-order chi connectivity index (χ1) is 12.5. The van der Waals surface area contributed by atoms with E-state index in [0.29, 0.717) is 11.3 Å². The van der Waals surface area contributed by atoms with E-state index in [1.807, 2.05) is 44.2 Å². The maximum absolute atomic E-state index is 12.3. The third kappa shape index (κ3) is 4.57. The van der Waals surface area contributed by atoms with Gasteiger partial charge in [-0.05, 0) is 48.6 Å². The standard InChI is InChI=1S/C21H23N3O2/c1-14(2)19(15-6-4-3-5-7-15)23-24-21(26)17-10-12-18(13-11-17)22-20(25)16-8-9-16/h3-7,10-14,16H,8-9H2,1-2H3,(H,22,25)(H,24,26). The third-order valence-corrected chi connectivity index (χ3v) is 4.26. The first-order valence-corrected chi connectivity index (χ1v) is 8.89. The van der Waals surface area contributed by atoms with Crippen LogP contribution in [-0.4, -0.2) is 17.5 Å². The maximum Gasteiger partial charge on any atom is 0.271 e. The van der Waals surface area contributed by atoms with Crippen LogP contribution in [0.4, 0.5) is 5.69 Å². The van der Waals surface area contributed by atoms with Crippen molar-refractivity contribution in [1.29, 1.82) is 0 Å². The van der Waals surface area contributed by atoms with Crippen LogP contribution < -0.4 is 10.7 Å². The van der Waals surface area contributed by atoms with Gasteiger partial charge in [0.15, 0.2) is 0 Å². The van der Waals surface area contributed by atoms with Gasteiger partial charge in [0.1, 0.15) is 0 Å². The average Bonchev–Trinajstić information content (AvgIpc) is 3.48. The zero-order valence-corrected chi connectivity index (χ0v) is 15.0. The summed E-state index contributed by atoms with van der Waals surface area (Å²) in [5, 5.41) is 7.18. The zero-order chi connectivity index (χ0) is 18.5. The molecule has 1 aliphatic carbocycles. The summed E-state index contributed by atoms with van der Waals surface area (Å²) >= 11 is 0. The van der Waals surface area contributed by atoms with Gasteiger partial charge < -0.3 is 5.32 Å². The molecule has 1 fully saturated rings. The number of hydrogen-bond acceptors (Lipinski definition) is 3. The molecule has 26 heavy (non-hydrogen) atoms. The summed E-state index contributed by atoms with van der Waals surface area (Å²) in [5.41, 5.74) is 5.64. The molecular formula is C21H23N3O2. The van der Waals surface area contributed by atoms with Crippen LogP contribution in [-0.2, 0) is 4.79 Å². The lowest BCUT2D eigenvalue weighted by atomic mass is 10.0. The van der Waals surface area contributed by atoms with Gasteiger partial charge in [-0.1, -0.05) is 44.2 Å². The van der Waals surface area contributed by atoms with Gasteiger partial charge >= 0.3 is 0 Å². The first kappa shape index (κ1) is 17.9. The molecule has 2 aromatic carbocycles. The Bertz CT molecular complexity index is 807. The highest BCUT2D eigenvalue weighted by Gasteiger charge is 2.29. The predicted octanol–water partition coefficient (Wildman–Crippen LogP) is 3.83. The van der Waals surface area contributed by atoms with Gasteiger partial charge in [0, 0.05) is 17.2 Å². The highest BCUT2D eigenvalue weighted by atomic mass is 16.2. The Morgan fingerprint density at radius 2 is 1.62 bits per heavy atom. The molecule has 5 nitrogen and oxygen atoms in total. The highest BCUT2D eigenvalue weighted by molar-refractivity contribution is 6.03. The Balaban J connectivity index is 1.65. The summed E-state index contributed by atoms with van der Waals surface area (Å²) in [6.07, 6.45) is 1.92. The number of amides is 2. The molecule has 0 aliphatic heterocycles. The second-order valence-corrected chi connectivity index (χ2v) is 6.80. The van der Waals surface area contributed by atoms with E-state index in [1.54, 1.807) is 24.3 Å². The van der Waals surface area contributed by atoms with Gasteiger partial charge in [-0.25, -0.2) is 5.43 Å². The molecule has 0 saturated heterocycles. The third-order valence-electron chi connectivity index (χ3n) is 4.26.